The molecule has 4 heteroatoms. The van der Waals surface area contributed by atoms with Gasteiger partial charge in [-0.15, -0.1) is 0 Å². The minimum atomic E-state index is -0.367. The second-order valence-electron chi connectivity index (χ2n) is 12.2. The van der Waals surface area contributed by atoms with Crippen molar-refractivity contribution in [2.75, 3.05) is 4.90 Å². The zero-order valence-corrected chi connectivity index (χ0v) is 22.3. The van der Waals surface area contributed by atoms with Crippen molar-refractivity contribution in [3.05, 3.63) is 86.7 Å². The molecule has 0 unspecified atom stereocenters. The van der Waals surface area contributed by atoms with E-state index in [0.29, 0.717) is 17.9 Å². The predicted molar refractivity (Wildman–Crippen MR) is 143 cm³/mol. The van der Waals surface area contributed by atoms with Crippen LogP contribution in [0.5, 0.6) is 0 Å². The van der Waals surface area contributed by atoms with Gasteiger partial charge in [-0.3, -0.25) is 9.59 Å². The molecule has 0 aromatic heterocycles. The quantitative estimate of drug-likeness (QED) is 0.432. The Bertz CT molecular complexity index is 1270. The van der Waals surface area contributed by atoms with Crippen LogP contribution in [0.15, 0.2) is 65.0 Å². The summed E-state index contributed by atoms with van der Waals surface area (Å²) in [6, 6.07) is 14.2. The largest absolute Gasteiger partial charge is 0.317 e. The molecular weight excluding hydrogens is 454 g/mol. The van der Waals surface area contributed by atoms with Gasteiger partial charge in [-0.1, -0.05) is 57.5 Å². The molecule has 0 fully saturated rings. The van der Waals surface area contributed by atoms with Crippen LogP contribution in [-0.2, 0) is 9.59 Å². The second kappa shape index (κ2) is 8.20. The summed E-state index contributed by atoms with van der Waals surface area (Å²) in [5, 5.41) is 0.621. The van der Waals surface area contributed by atoms with E-state index >= 15 is 0 Å². The predicted octanol–water partition coefficient (Wildman–Crippen LogP) is 7.85. The SMILES string of the molecule is Cc1ccc(N2C3=C(C(=O)CC(C)(C)C3)C(c3cccc(Cl)c3)C3=C2CC(C)(C)CC3=O)cc1C. The molecule has 1 aliphatic heterocycles. The highest BCUT2D eigenvalue weighted by atomic mass is 35.5. The van der Waals surface area contributed by atoms with E-state index in [1.807, 2.05) is 24.3 Å². The Balaban J connectivity index is 1.85. The van der Waals surface area contributed by atoms with Crippen molar-refractivity contribution in [1.29, 1.82) is 0 Å². The van der Waals surface area contributed by atoms with Crippen molar-refractivity contribution in [2.24, 2.45) is 10.8 Å². The van der Waals surface area contributed by atoms with Gasteiger partial charge >= 0.3 is 0 Å². The Labute approximate surface area is 213 Å². The van der Waals surface area contributed by atoms with Crippen LogP contribution < -0.4 is 4.90 Å². The van der Waals surface area contributed by atoms with Crippen LogP contribution in [0, 0.1) is 24.7 Å². The normalized spacial score (nSPS) is 21.9. The van der Waals surface area contributed by atoms with Gasteiger partial charge in [0, 0.05) is 52.0 Å². The highest BCUT2D eigenvalue weighted by Crippen LogP contribution is 2.55. The number of halogens is 1. The lowest BCUT2D eigenvalue weighted by atomic mass is 9.63. The first-order valence-corrected chi connectivity index (χ1v) is 12.9. The van der Waals surface area contributed by atoms with Crippen LogP contribution in [-0.4, -0.2) is 11.6 Å². The fourth-order valence-corrected chi connectivity index (χ4v) is 6.36. The van der Waals surface area contributed by atoms with Gasteiger partial charge in [0.25, 0.3) is 0 Å². The molecule has 35 heavy (non-hydrogen) atoms. The number of hydrogen-bond donors (Lipinski definition) is 0. The average molecular weight is 488 g/mol. The summed E-state index contributed by atoms with van der Waals surface area (Å²) in [6.07, 6.45) is 2.52. The van der Waals surface area contributed by atoms with E-state index in [2.05, 4.69) is 64.6 Å². The number of hydrogen-bond acceptors (Lipinski definition) is 3. The molecule has 2 aromatic carbocycles. The van der Waals surface area contributed by atoms with Crippen LogP contribution in [0.2, 0.25) is 5.02 Å². The zero-order valence-electron chi connectivity index (χ0n) is 21.6. The molecule has 0 radical (unpaired) electrons. The van der Waals surface area contributed by atoms with Crippen molar-refractivity contribution in [2.45, 2.75) is 73.1 Å². The highest BCUT2D eigenvalue weighted by molar-refractivity contribution is 6.30. The van der Waals surface area contributed by atoms with Gasteiger partial charge in [0.05, 0.1) is 0 Å². The first kappa shape index (κ1) is 24.1. The van der Waals surface area contributed by atoms with Gasteiger partial charge in [-0.05, 0) is 78.5 Å². The standard InChI is InChI=1S/C31H34ClNO2/c1-18-10-11-22(12-19(18)2)33-23-14-30(3,4)16-25(34)28(23)27(20-8-7-9-21(32)13-20)29-24(33)15-31(5,6)17-26(29)35/h7-13,27H,14-17H2,1-6H3. The Hall–Kier alpha value is -2.65. The number of aryl methyl sites for hydroxylation is 2. The molecule has 3 aliphatic rings. The van der Waals surface area contributed by atoms with Gasteiger partial charge in [-0.2, -0.15) is 0 Å². The molecule has 3 nitrogen and oxygen atoms in total. The first-order valence-electron chi connectivity index (χ1n) is 12.5. The van der Waals surface area contributed by atoms with Crippen molar-refractivity contribution in [1.82, 2.24) is 0 Å². The number of benzene rings is 2. The number of anilines is 1. The lowest BCUT2D eigenvalue weighted by Gasteiger charge is -2.49. The minimum absolute atomic E-state index is 0.138. The molecule has 0 saturated heterocycles. The minimum Gasteiger partial charge on any atom is -0.317 e. The third-order valence-electron chi connectivity index (χ3n) is 7.84. The first-order chi connectivity index (χ1) is 16.4. The molecular formula is C31H34ClNO2. The maximum atomic E-state index is 13.9. The third kappa shape index (κ3) is 4.18. The maximum absolute atomic E-state index is 13.9. The van der Waals surface area contributed by atoms with E-state index in [1.54, 1.807) is 0 Å². The van der Waals surface area contributed by atoms with E-state index in [1.165, 1.54) is 11.1 Å². The van der Waals surface area contributed by atoms with Crippen molar-refractivity contribution < 1.29 is 9.59 Å². The molecule has 5 rings (SSSR count). The van der Waals surface area contributed by atoms with Crippen molar-refractivity contribution >= 4 is 28.9 Å². The van der Waals surface area contributed by atoms with Gasteiger partial charge in [-0.25, -0.2) is 0 Å². The molecule has 0 N–H and O–H groups in total. The van der Waals surface area contributed by atoms with Gasteiger partial charge in [0.1, 0.15) is 0 Å². The average Bonchev–Trinajstić information content (AvgIpc) is 2.73. The van der Waals surface area contributed by atoms with Gasteiger partial charge in [0.2, 0.25) is 0 Å². The van der Waals surface area contributed by atoms with Crippen LogP contribution in [0.3, 0.4) is 0 Å². The van der Waals surface area contributed by atoms with Gasteiger partial charge < -0.3 is 4.90 Å². The zero-order chi connectivity index (χ0) is 25.3. The molecule has 0 atom stereocenters. The second-order valence-corrected chi connectivity index (χ2v) is 12.6. The molecule has 182 valence electrons. The Morgan fingerprint density at radius 3 is 1.86 bits per heavy atom. The molecule has 0 bridgehead atoms. The van der Waals surface area contributed by atoms with Crippen LogP contribution in [0.4, 0.5) is 5.69 Å². The molecule has 2 aromatic rings. The maximum Gasteiger partial charge on any atom is 0.162 e. The number of carbonyl (C=O) groups is 2. The lowest BCUT2D eigenvalue weighted by Crippen LogP contribution is -2.44. The molecule has 0 amide bonds. The number of allylic oxidation sites excluding steroid dienone is 4. The Kier molecular flexibility index (Phi) is 5.64. The third-order valence-corrected chi connectivity index (χ3v) is 8.08. The Morgan fingerprint density at radius 1 is 0.771 bits per heavy atom. The smallest absolute Gasteiger partial charge is 0.162 e. The number of nitrogens with zero attached hydrogens (tertiary/aromatic N) is 1. The number of rotatable bonds is 2. The highest BCUT2D eigenvalue weighted by Gasteiger charge is 2.49. The van der Waals surface area contributed by atoms with Crippen LogP contribution in [0.1, 0.15) is 76.0 Å². The lowest BCUT2D eigenvalue weighted by molar-refractivity contribution is -0.119. The molecule has 1 heterocycles. The molecule has 2 aliphatic carbocycles. The van der Waals surface area contributed by atoms with E-state index < -0.39 is 0 Å². The molecule has 0 spiro atoms. The molecule has 0 saturated carbocycles. The van der Waals surface area contributed by atoms with E-state index in [-0.39, 0.29) is 28.3 Å². The summed E-state index contributed by atoms with van der Waals surface area (Å²) in [6.45, 7) is 12.9. The number of carbonyl (C=O) groups excluding carboxylic acids is 2. The van der Waals surface area contributed by atoms with E-state index in [0.717, 1.165) is 46.6 Å². The topological polar surface area (TPSA) is 37.4 Å². The summed E-state index contributed by atoms with van der Waals surface area (Å²) in [4.78, 5) is 30.0. The summed E-state index contributed by atoms with van der Waals surface area (Å²) in [7, 11) is 0. The summed E-state index contributed by atoms with van der Waals surface area (Å²) >= 11 is 6.42. The Morgan fingerprint density at radius 2 is 1.34 bits per heavy atom. The number of Topliss-reactive ketones (excluding diaryl/α,β-unsaturated/α-hetero) is 2. The fraction of sp³-hybridized carbons (Fsp3) is 0.419. The van der Waals surface area contributed by atoms with Crippen LogP contribution in [0.25, 0.3) is 0 Å². The monoisotopic (exact) mass is 487 g/mol. The van der Waals surface area contributed by atoms with Crippen LogP contribution >= 0.6 is 11.6 Å². The number of ketones is 2. The van der Waals surface area contributed by atoms with E-state index in [9.17, 15) is 9.59 Å². The fourth-order valence-electron chi connectivity index (χ4n) is 6.16. The summed E-state index contributed by atoms with van der Waals surface area (Å²) < 4.78 is 0. The van der Waals surface area contributed by atoms with Gasteiger partial charge in [0.15, 0.2) is 11.6 Å². The summed E-state index contributed by atoms with van der Waals surface area (Å²) in [5.74, 6) is -0.0906. The van der Waals surface area contributed by atoms with E-state index in [4.69, 9.17) is 11.6 Å². The van der Waals surface area contributed by atoms with Crippen molar-refractivity contribution in [3.63, 3.8) is 0 Å². The van der Waals surface area contributed by atoms with Crippen molar-refractivity contribution in [3.8, 4) is 0 Å². The summed E-state index contributed by atoms with van der Waals surface area (Å²) in [5.41, 5.74) is 7.73.